The number of likely N-dealkylation sites (tertiary alicyclic amines) is 1. The number of nitrogens with zero attached hydrogens (tertiary/aromatic N) is 7. The van der Waals surface area contributed by atoms with Crippen LogP contribution in [-0.2, 0) is 38.1 Å². The second-order valence-electron chi connectivity index (χ2n) is 20.8. The number of aromatic amines is 1. The summed E-state index contributed by atoms with van der Waals surface area (Å²) in [5.74, 6) is 0.486. The molecule has 2 aliphatic heterocycles. The molecule has 3 aliphatic rings. The minimum absolute atomic E-state index is 0.0136. The fourth-order valence-corrected chi connectivity index (χ4v) is 9.95. The van der Waals surface area contributed by atoms with Gasteiger partial charge in [-0.15, -0.1) is 11.3 Å². The lowest BCUT2D eigenvalue weighted by Crippen LogP contribution is -2.58. The Kier molecular flexibility index (Phi) is 18.5. The molecule has 20 nitrogen and oxygen atoms in total. The van der Waals surface area contributed by atoms with Crippen molar-refractivity contribution < 1.29 is 48.0 Å². The summed E-state index contributed by atoms with van der Waals surface area (Å²) in [6.45, 7) is 16.3. The van der Waals surface area contributed by atoms with Gasteiger partial charge < -0.3 is 54.1 Å². The summed E-state index contributed by atoms with van der Waals surface area (Å²) >= 11 is 1.57. The number of nitrogens with one attached hydrogen (secondary N) is 3. The third kappa shape index (κ3) is 14.9. The lowest BCUT2D eigenvalue weighted by atomic mass is 9.85. The highest BCUT2D eigenvalue weighted by atomic mass is 32.1. The summed E-state index contributed by atoms with van der Waals surface area (Å²) in [6, 6.07) is 13.7. The highest BCUT2D eigenvalue weighted by Crippen LogP contribution is 2.41. The van der Waals surface area contributed by atoms with Gasteiger partial charge in [-0.1, -0.05) is 45.0 Å². The van der Waals surface area contributed by atoms with Gasteiger partial charge in [-0.25, -0.2) is 15.0 Å². The van der Waals surface area contributed by atoms with Gasteiger partial charge in [0.1, 0.15) is 41.3 Å². The van der Waals surface area contributed by atoms with Crippen molar-refractivity contribution in [1.29, 1.82) is 0 Å². The van der Waals surface area contributed by atoms with E-state index in [-0.39, 0.29) is 68.4 Å². The fraction of sp³-hybridized carbons (Fsp3) is 0.556. The smallest absolute Gasteiger partial charge is 0.246 e. The van der Waals surface area contributed by atoms with Crippen LogP contribution in [0.25, 0.3) is 32.7 Å². The normalized spacial score (nSPS) is 18.3. The first kappa shape index (κ1) is 55.1. The number of benzene rings is 2. The molecule has 2 saturated heterocycles. The molecule has 4 amide bonds. The van der Waals surface area contributed by atoms with E-state index in [0.29, 0.717) is 71.5 Å². The van der Waals surface area contributed by atoms with E-state index in [1.807, 2.05) is 93.6 Å². The Hall–Kier alpha value is -6.10. The number of thiazole rings is 1. The number of aliphatic hydroxyl groups is 1. The molecule has 404 valence electrons. The Labute approximate surface area is 442 Å². The number of aliphatic hydroxyl groups excluding tert-OH is 1. The van der Waals surface area contributed by atoms with E-state index in [1.54, 1.807) is 17.7 Å². The van der Waals surface area contributed by atoms with Gasteiger partial charge in [0.25, 0.3) is 0 Å². The Morgan fingerprint density at radius 2 is 1.52 bits per heavy atom. The summed E-state index contributed by atoms with van der Waals surface area (Å²) < 4.78 is 28.7. The van der Waals surface area contributed by atoms with Gasteiger partial charge in [-0.3, -0.25) is 24.3 Å². The Morgan fingerprint density at radius 3 is 2.16 bits per heavy atom. The lowest BCUT2D eigenvalue weighted by Gasteiger charge is -2.35. The number of amides is 4. The molecule has 1 aliphatic carbocycles. The second kappa shape index (κ2) is 25.2. The van der Waals surface area contributed by atoms with Crippen LogP contribution < -0.4 is 20.3 Å². The van der Waals surface area contributed by atoms with Crippen molar-refractivity contribution in [2.45, 2.75) is 103 Å². The van der Waals surface area contributed by atoms with E-state index >= 15 is 0 Å². The number of carbonyl (C=O) groups is 4. The summed E-state index contributed by atoms with van der Waals surface area (Å²) in [7, 11) is 0. The van der Waals surface area contributed by atoms with Crippen molar-refractivity contribution in [2.75, 3.05) is 90.5 Å². The van der Waals surface area contributed by atoms with Crippen molar-refractivity contribution in [3.8, 4) is 27.6 Å². The van der Waals surface area contributed by atoms with E-state index in [4.69, 9.17) is 23.7 Å². The number of rotatable bonds is 25. The number of anilines is 1. The van der Waals surface area contributed by atoms with Crippen LogP contribution in [0.3, 0.4) is 0 Å². The van der Waals surface area contributed by atoms with Crippen LogP contribution in [0.4, 0.5) is 5.82 Å². The molecular weight excluding hydrogens is 981 g/mol. The number of β-amino-alcohol motifs (C(OH)–C–C–N with tert-alkyl or cyclic N) is 1. The highest BCUT2D eigenvalue weighted by Gasteiger charge is 2.45. The molecule has 4 atom stereocenters. The second-order valence-corrected chi connectivity index (χ2v) is 21.6. The first-order chi connectivity index (χ1) is 36.0. The maximum absolute atomic E-state index is 14.0. The molecule has 5 aromatic rings. The van der Waals surface area contributed by atoms with Gasteiger partial charge in [0.05, 0.1) is 98.7 Å². The van der Waals surface area contributed by atoms with Crippen LogP contribution in [0.5, 0.6) is 5.75 Å². The number of carbonyl (C=O) groups excluding carboxylic acids is 4. The molecule has 21 heteroatoms. The Bertz CT molecular complexity index is 2720. The molecule has 0 radical (unpaired) electrons. The number of aryl methyl sites for hydroxylation is 1. The van der Waals surface area contributed by atoms with Crippen LogP contribution in [0, 0.1) is 12.3 Å². The van der Waals surface area contributed by atoms with Crippen molar-refractivity contribution in [1.82, 2.24) is 45.6 Å². The van der Waals surface area contributed by atoms with E-state index in [0.717, 1.165) is 62.7 Å². The minimum atomic E-state index is -0.941. The van der Waals surface area contributed by atoms with E-state index < -0.39 is 29.5 Å². The summed E-state index contributed by atoms with van der Waals surface area (Å²) in [5.41, 5.74) is 6.32. The van der Waals surface area contributed by atoms with Crippen LogP contribution in [0.2, 0.25) is 0 Å². The van der Waals surface area contributed by atoms with Gasteiger partial charge in [0.2, 0.25) is 23.6 Å². The monoisotopic (exact) mass is 1050 g/mol. The largest absolute Gasteiger partial charge is 0.488 e. The molecular formula is C54H72N10O10S. The minimum Gasteiger partial charge on any atom is -0.488 e. The van der Waals surface area contributed by atoms with Gasteiger partial charge >= 0.3 is 0 Å². The average molecular weight is 1050 g/mol. The number of ether oxygens (including phenoxy) is 5. The molecule has 0 spiro atoms. The van der Waals surface area contributed by atoms with Crippen molar-refractivity contribution in [2.24, 2.45) is 5.41 Å². The third-order valence-corrected chi connectivity index (χ3v) is 14.8. The fourth-order valence-electron chi connectivity index (χ4n) is 9.14. The highest BCUT2D eigenvalue weighted by molar-refractivity contribution is 7.13. The topological polar surface area (TPSA) is 236 Å². The molecule has 0 unspecified atom stereocenters. The zero-order chi connectivity index (χ0) is 53.1. The van der Waals surface area contributed by atoms with Crippen LogP contribution in [0.15, 0.2) is 60.4 Å². The first-order valence-electron chi connectivity index (χ1n) is 26.0. The number of piperazine rings is 1. The SMILES string of the molecule is Cc1ncsc1-c1ccc([C@H](C)NC(=O)[C@@H]2C[C@@H](O)CN2C(=O)[C@@H](NC(=O)CCOCCOCCOCCOCCC(=O)N2CCN(c3cc(-c4n[nH]c5ccc(OC6(C)CC6)cc45)ncn3)CC2)C(C)(C)C)cc1. The first-order valence-corrected chi connectivity index (χ1v) is 26.8. The molecule has 0 bridgehead atoms. The van der Waals surface area contributed by atoms with E-state index in [9.17, 15) is 24.3 Å². The maximum Gasteiger partial charge on any atom is 0.246 e. The summed E-state index contributed by atoms with van der Waals surface area (Å²) in [4.78, 5) is 73.6. The predicted molar refractivity (Wildman–Crippen MR) is 283 cm³/mol. The zero-order valence-electron chi connectivity index (χ0n) is 44.0. The van der Waals surface area contributed by atoms with Crippen LogP contribution in [-0.4, -0.2) is 173 Å². The van der Waals surface area contributed by atoms with Crippen LogP contribution in [0.1, 0.15) is 84.0 Å². The standard InChI is InChI=1S/C54H72N10O10S/c1-35(37-7-9-38(10-8-37)49-36(2)57-34-75-49)58-51(68)44-29-39(65)32-64(44)52(69)50(53(3,4)5)59-46(66)13-21-70-23-25-72-27-28-73-26-24-71-22-14-47(67)63-19-17-62(18-20-63)45-31-43(55-33-56-45)48-41-30-40(74-54(6)15-16-54)11-12-42(41)60-61-48/h7-12,30-31,33-35,39,44,50,65H,13-29,32H2,1-6H3,(H,58,68)(H,59,66)(H,60,61)/t35-,39+,44-,50+/m0/s1. The number of H-pyrrole nitrogens is 1. The van der Waals surface area contributed by atoms with Crippen LogP contribution >= 0.6 is 11.3 Å². The third-order valence-electron chi connectivity index (χ3n) is 13.8. The Morgan fingerprint density at radius 1 is 0.853 bits per heavy atom. The summed E-state index contributed by atoms with van der Waals surface area (Å²) in [6.07, 6.45) is 3.18. The molecule has 75 heavy (non-hydrogen) atoms. The van der Waals surface area contributed by atoms with Crippen molar-refractivity contribution >= 4 is 51.7 Å². The van der Waals surface area contributed by atoms with Crippen molar-refractivity contribution in [3.63, 3.8) is 0 Å². The quantitative estimate of drug-likeness (QED) is 0.0547. The molecule has 4 N–H and O–H groups in total. The van der Waals surface area contributed by atoms with Gasteiger partial charge in [0.15, 0.2) is 0 Å². The van der Waals surface area contributed by atoms with Gasteiger partial charge in [-0.2, -0.15) is 5.10 Å². The number of aromatic nitrogens is 5. The number of hydrogen-bond donors (Lipinski definition) is 4. The van der Waals surface area contributed by atoms with Gasteiger partial charge in [-0.05, 0) is 68.4 Å². The number of hydrogen-bond acceptors (Lipinski definition) is 16. The molecule has 5 heterocycles. The van der Waals surface area contributed by atoms with E-state index in [2.05, 4.69) is 47.6 Å². The molecule has 2 aromatic carbocycles. The van der Waals surface area contributed by atoms with E-state index in [1.165, 1.54) is 4.90 Å². The molecule has 1 saturated carbocycles. The molecule has 8 rings (SSSR count). The Balaban J connectivity index is 0.649. The predicted octanol–water partition coefficient (Wildman–Crippen LogP) is 5.25. The average Bonchev–Trinajstić information content (AvgIpc) is 3.68. The van der Waals surface area contributed by atoms with Crippen molar-refractivity contribution in [3.05, 3.63) is 71.6 Å². The lowest BCUT2D eigenvalue weighted by molar-refractivity contribution is -0.144. The zero-order valence-corrected chi connectivity index (χ0v) is 44.8. The summed E-state index contributed by atoms with van der Waals surface area (Å²) in [5, 5.41) is 25.1. The number of fused-ring (bicyclic) bond motifs is 1. The molecule has 3 fully saturated rings. The molecule has 3 aromatic heterocycles. The van der Waals surface area contributed by atoms with Gasteiger partial charge in [0, 0.05) is 57.0 Å². The maximum atomic E-state index is 14.0.